The lowest BCUT2D eigenvalue weighted by molar-refractivity contribution is 0.199. The predicted molar refractivity (Wildman–Crippen MR) is 72.6 cm³/mol. The Kier molecular flexibility index (Phi) is 7.21. The first-order chi connectivity index (χ1) is 8.24. The van der Waals surface area contributed by atoms with Gasteiger partial charge >= 0.3 is 0 Å². The van der Waals surface area contributed by atoms with Gasteiger partial charge in [0.1, 0.15) is 0 Å². The van der Waals surface area contributed by atoms with Crippen LogP contribution < -0.4 is 10.6 Å². The van der Waals surface area contributed by atoms with Gasteiger partial charge in [-0.25, -0.2) is 0 Å². The highest BCUT2D eigenvalue weighted by atomic mass is 35.5. The number of methoxy groups -OCH3 is 1. The molecule has 0 radical (unpaired) electrons. The SMILES string of the molecule is COCCNCCNCc1ccc(Cl)cc1C. The van der Waals surface area contributed by atoms with Crippen LogP contribution >= 0.6 is 11.6 Å². The van der Waals surface area contributed by atoms with Crippen LogP contribution in [0.3, 0.4) is 0 Å². The van der Waals surface area contributed by atoms with Crippen LogP contribution in [0.15, 0.2) is 18.2 Å². The standard InChI is InChI=1S/C13H21ClN2O/c1-11-9-13(14)4-3-12(11)10-16-6-5-15-7-8-17-2/h3-4,9,15-16H,5-8,10H2,1-2H3. The Hall–Kier alpha value is -0.610. The number of hydrogen-bond donors (Lipinski definition) is 2. The molecule has 96 valence electrons. The lowest BCUT2D eigenvalue weighted by Gasteiger charge is -2.09. The van der Waals surface area contributed by atoms with Gasteiger partial charge in [0, 0.05) is 38.3 Å². The average molecular weight is 257 g/mol. The molecule has 0 amide bonds. The van der Waals surface area contributed by atoms with Gasteiger partial charge in [-0.15, -0.1) is 0 Å². The number of halogens is 1. The largest absolute Gasteiger partial charge is 0.383 e. The normalized spacial score (nSPS) is 10.8. The summed E-state index contributed by atoms with van der Waals surface area (Å²) in [6, 6.07) is 6.00. The predicted octanol–water partition coefficient (Wildman–Crippen LogP) is 1.97. The molecule has 1 rings (SSSR count). The van der Waals surface area contributed by atoms with Crippen LogP contribution in [0.5, 0.6) is 0 Å². The lowest BCUT2D eigenvalue weighted by atomic mass is 10.1. The van der Waals surface area contributed by atoms with Crippen molar-refractivity contribution in [2.24, 2.45) is 0 Å². The Morgan fingerprint density at radius 2 is 1.94 bits per heavy atom. The van der Waals surface area contributed by atoms with E-state index in [0.717, 1.165) is 37.8 Å². The van der Waals surface area contributed by atoms with E-state index in [0.29, 0.717) is 0 Å². The summed E-state index contributed by atoms with van der Waals surface area (Å²) in [6.45, 7) is 6.53. The molecule has 0 saturated heterocycles. The van der Waals surface area contributed by atoms with E-state index in [1.807, 2.05) is 12.1 Å². The van der Waals surface area contributed by atoms with Gasteiger partial charge in [0.2, 0.25) is 0 Å². The maximum Gasteiger partial charge on any atom is 0.0587 e. The number of nitrogens with one attached hydrogen (secondary N) is 2. The summed E-state index contributed by atoms with van der Waals surface area (Å²) in [5.41, 5.74) is 2.53. The number of aryl methyl sites for hydroxylation is 1. The number of ether oxygens (including phenoxy) is 1. The molecule has 1 aromatic carbocycles. The molecule has 0 aliphatic rings. The van der Waals surface area contributed by atoms with Crippen LogP contribution in [0.4, 0.5) is 0 Å². The van der Waals surface area contributed by atoms with E-state index in [2.05, 4.69) is 23.6 Å². The third-order valence-corrected chi connectivity index (χ3v) is 2.82. The van der Waals surface area contributed by atoms with Crippen LogP contribution in [0, 0.1) is 6.92 Å². The van der Waals surface area contributed by atoms with E-state index in [1.165, 1.54) is 11.1 Å². The second-order valence-electron chi connectivity index (χ2n) is 3.99. The Bertz CT molecular complexity index is 331. The average Bonchev–Trinajstić information content (AvgIpc) is 2.30. The zero-order chi connectivity index (χ0) is 12.5. The number of rotatable bonds is 8. The number of hydrogen-bond acceptors (Lipinski definition) is 3. The highest BCUT2D eigenvalue weighted by molar-refractivity contribution is 6.30. The summed E-state index contributed by atoms with van der Waals surface area (Å²) >= 11 is 5.91. The van der Waals surface area contributed by atoms with Gasteiger partial charge in [-0.05, 0) is 30.2 Å². The first kappa shape index (κ1) is 14.5. The zero-order valence-corrected chi connectivity index (χ0v) is 11.3. The Morgan fingerprint density at radius 1 is 1.18 bits per heavy atom. The van der Waals surface area contributed by atoms with Crippen LogP contribution in [0.2, 0.25) is 5.02 Å². The number of benzene rings is 1. The fraction of sp³-hybridized carbons (Fsp3) is 0.538. The molecule has 3 nitrogen and oxygen atoms in total. The van der Waals surface area contributed by atoms with Crippen molar-refractivity contribution >= 4 is 11.6 Å². The van der Waals surface area contributed by atoms with Crippen LogP contribution in [-0.4, -0.2) is 33.4 Å². The van der Waals surface area contributed by atoms with Crippen molar-refractivity contribution in [1.29, 1.82) is 0 Å². The summed E-state index contributed by atoms with van der Waals surface area (Å²) in [7, 11) is 1.71. The smallest absolute Gasteiger partial charge is 0.0587 e. The molecule has 0 bridgehead atoms. The first-order valence-corrected chi connectivity index (χ1v) is 6.27. The maximum absolute atomic E-state index is 5.91. The molecular formula is C13H21ClN2O. The molecule has 17 heavy (non-hydrogen) atoms. The molecular weight excluding hydrogens is 236 g/mol. The van der Waals surface area contributed by atoms with Gasteiger partial charge in [0.15, 0.2) is 0 Å². The Labute approximate surface area is 109 Å². The fourth-order valence-electron chi connectivity index (χ4n) is 1.56. The van der Waals surface area contributed by atoms with E-state index < -0.39 is 0 Å². The quantitative estimate of drug-likeness (QED) is 0.698. The minimum absolute atomic E-state index is 0.760. The summed E-state index contributed by atoms with van der Waals surface area (Å²) < 4.78 is 4.95. The minimum atomic E-state index is 0.760. The minimum Gasteiger partial charge on any atom is -0.383 e. The highest BCUT2D eigenvalue weighted by Gasteiger charge is 1.98. The molecule has 0 fully saturated rings. The molecule has 0 spiro atoms. The van der Waals surface area contributed by atoms with Crippen molar-refractivity contribution in [3.63, 3.8) is 0 Å². The van der Waals surface area contributed by atoms with Crippen LogP contribution in [0.25, 0.3) is 0 Å². The molecule has 0 saturated carbocycles. The fourth-order valence-corrected chi connectivity index (χ4v) is 1.78. The summed E-state index contributed by atoms with van der Waals surface area (Å²) in [5, 5.41) is 7.48. The van der Waals surface area contributed by atoms with Crippen LogP contribution in [-0.2, 0) is 11.3 Å². The second-order valence-corrected chi connectivity index (χ2v) is 4.43. The zero-order valence-electron chi connectivity index (χ0n) is 10.6. The molecule has 0 heterocycles. The topological polar surface area (TPSA) is 33.3 Å². The Morgan fingerprint density at radius 3 is 2.65 bits per heavy atom. The molecule has 4 heteroatoms. The van der Waals surface area contributed by atoms with E-state index in [-0.39, 0.29) is 0 Å². The third-order valence-electron chi connectivity index (χ3n) is 2.58. The lowest BCUT2D eigenvalue weighted by Crippen LogP contribution is -2.29. The molecule has 0 aromatic heterocycles. The maximum atomic E-state index is 5.91. The summed E-state index contributed by atoms with van der Waals surface area (Å²) in [4.78, 5) is 0. The van der Waals surface area contributed by atoms with Crippen molar-refractivity contribution in [2.45, 2.75) is 13.5 Å². The molecule has 0 unspecified atom stereocenters. The van der Waals surface area contributed by atoms with E-state index >= 15 is 0 Å². The van der Waals surface area contributed by atoms with Gasteiger partial charge < -0.3 is 15.4 Å². The monoisotopic (exact) mass is 256 g/mol. The van der Waals surface area contributed by atoms with Crippen molar-refractivity contribution < 1.29 is 4.74 Å². The molecule has 0 aliphatic carbocycles. The molecule has 1 aromatic rings. The Balaban J connectivity index is 2.14. The molecule has 0 aliphatic heterocycles. The third kappa shape index (κ3) is 6.03. The highest BCUT2D eigenvalue weighted by Crippen LogP contribution is 2.14. The van der Waals surface area contributed by atoms with Crippen molar-refractivity contribution in [2.75, 3.05) is 33.4 Å². The molecule has 2 N–H and O–H groups in total. The molecule has 0 atom stereocenters. The van der Waals surface area contributed by atoms with Crippen molar-refractivity contribution in [3.05, 3.63) is 34.3 Å². The van der Waals surface area contributed by atoms with Crippen LogP contribution in [0.1, 0.15) is 11.1 Å². The first-order valence-electron chi connectivity index (χ1n) is 5.89. The second kappa shape index (κ2) is 8.48. The summed E-state index contributed by atoms with van der Waals surface area (Å²) in [6.07, 6.45) is 0. The van der Waals surface area contributed by atoms with Gasteiger partial charge in [0.25, 0.3) is 0 Å². The van der Waals surface area contributed by atoms with E-state index in [4.69, 9.17) is 16.3 Å². The van der Waals surface area contributed by atoms with Gasteiger partial charge in [-0.3, -0.25) is 0 Å². The van der Waals surface area contributed by atoms with Gasteiger partial charge in [0.05, 0.1) is 6.61 Å². The van der Waals surface area contributed by atoms with Crippen molar-refractivity contribution in [3.8, 4) is 0 Å². The summed E-state index contributed by atoms with van der Waals surface area (Å²) in [5.74, 6) is 0. The van der Waals surface area contributed by atoms with Crippen molar-refractivity contribution in [1.82, 2.24) is 10.6 Å². The van der Waals surface area contributed by atoms with Gasteiger partial charge in [-0.1, -0.05) is 17.7 Å². The van der Waals surface area contributed by atoms with E-state index in [1.54, 1.807) is 7.11 Å². The van der Waals surface area contributed by atoms with E-state index in [9.17, 15) is 0 Å². The van der Waals surface area contributed by atoms with Gasteiger partial charge in [-0.2, -0.15) is 0 Å².